The van der Waals surface area contributed by atoms with E-state index in [9.17, 15) is 22.4 Å². The molecule has 0 aliphatic heterocycles. The lowest BCUT2D eigenvalue weighted by atomic mass is 10.2. The maximum absolute atomic E-state index is 13.1. The Kier molecular flexibility index (Phi) is 4.45. The van der Waals surface area contributed by atoms with E-state index in [1.807, 2.05) is 5.32 Å². The fourth-order valence-corrected chi connectivity index (χ4v) is 1.06. The Balaban J connectivity index is 2.68. The van der Waals surface area contributed by atoms with Crippen LogP contribution in [0.15, 0.2) is 18.2 Å². The van der Waals surface area contributed by atoms with Gasteiger partial charge in [-0.25, -0.2) is 17.6 Å². The van der Waals surface area contributed by atoms with E-state index >= 15 is 0 Å². The largest absolute Gasteiger partial charge is 0.385 e. The molecule has 1 amide bonds. The molecule has 1 atom stereocenters. The normalized spacial score (nSPS) is 12.6. The highest BCUT2D eigenvalue weighted by Gasteiger charge is 2.20. The van der Waals surface area contributed by atoms with Gasteiger partial charge in [-0.15, -0.1) is 0 Å². The van der Waals surface area contributed by atoms with Crippen molar-refractivity contribution in [1.29, 1.82) is 0 Å². The van der Waals surface area contributed by atoms with E-state index in [2.05, 4.69) is 0 Å². The molecule has 2 N–H and O–H groups in total. The van der Waals surface area contributed by atoms with Gasteiger partial charge in [-0.1, -0.05) is 6.07 Å². The van der Waals surface area contributed by atoms with Gasteiger partial charge in [-0.2, -0.15) is 0 Å². The Hall–Kier alpha value is -1.63. The summed E-state index contributed by atoms with van der Waals surface area (Å²) in [5, 5.41) is 10.6. The lowest BCUT2D eigenvalue weighted by Gasteiger charge is -2.11. The second kappa shape index (κ2) is 5.62. The van der Waals surface area contributed by atoms with Gasteiger partial charge in [0, 0.05) is 6.54 Å². The lowest BCUT2D eigenvalue weighted by Crippen LogP contribution is -2.36. The first-order valence-electron chi connectivity index (χ1n) is 4.62. The molecule has 0 heterocycles. The van der Waals surface area contributed by atoms with Crippen molar-refractivity contribution in [3.05, 3.63) is 35.4 Å². The quantitative estimate of drug-likeness (QED) is 0.793. The highest BCUT2D eigenvalue weighted by Crippen LogP contribution is 2.11. The monoisotopic (exact) mass is 251 g/mol. The fourth-order valence-electron chi connectivity index (χ4n) is 1.06. The Labute approximate surface area is 94.1 Å². The van der Waals surface area contributed by atoms with Crippen LogP contribution >= 0.6 is 0 Å². The van der Waals surface area contributed by atoms with E-state index in [4.69, 9.17) is 5.11 Å². The molecule has 0 bridgehead atoms. The molecular weight excluding hydrogens is 242 g/mol. The van der Waals surface area contributed by atoms with E-state index in [1.165, 1.54) is 0 Å². The van der Waals surface area contributed by atoms with Crippen LogP contribution < -0.4 is 5.32 Å². The first-order valence-corrected chi connectivity index (χ1v) is 4.62. The Morgan fingerprint density at radius 2 is 2.00 bits per heavy atom. The van der Waals surface area contributed by atoms with E-state index in [0.717, 1.165) is 18.2 Å². The average molecular weight is 251 g/mol. The number of aliphatic hydroxyl groups excluding tert-OH is 1. The third-order valence-corrected chi connectivity index (χ3v) is 1.96. The average Bonchev–Trinajstić information content (AvgIpc) is 2.29. The van der Waals surface area contributed by atoms with Gasteiger partial charge in [0.1, 0.15) is 6.10 Å². The van der Waals surface area contributed by atoms with Crippen molar-refractivity contribution in [3.63, 3.8) is 0 Å². The minimum Gasteiger partial charge on any atom is -0.385 e. The van der Waals surface area contributed by atoms with Gasteiger partial charge in [0.2, 0.25) is 0 Å². The topological polar surface area (TPSA) is 49.3 Å². The number of alkyl halides is 2. The van der Waals surface area contributed by atoms with Crippen LogP contribution in [0.25, 0.3) is 0 Å². The standard InChI is InChI=1S/C10H9F4NO2/c11-6-3-1-2-5(8(6)12)10(17)15-4-7(16)9(13)14/h1-3,7,9,16H,4H2,(H,15,17). The molecule has 17 heavy (non-hydrogen) atoms. The molecule has 0 aliphatic carbocycles. The summed E-state index contributed by atoms with van der Waals surface area (Å²) in [5.41, 5.74) is -0.605. The minimum absolute atomic E-state index is 0.605. The molecule has 3 nitrogen and oxygen atoms in total. The third kappa shape index (κ3) is 3.42. The van der Waals surface area contributed by atoms with Crippen LogP contribution in [-0.4, -0.2) is 30.1 Å². The zero-order chi connectivity index (χ0) is 13.0. The maximum Gasteiger partial charge on any atom is 0.265 e. The molecule has 94 valence electrons. The van der Waals surface area contributed by atoms with Crippen LogP contribution in [0.5, 0.6) is 0 Å². The van der Waals surface area contributed by atoms with E-state index < -0.39 is 42.2 Å². The summed E-state index contributed by atoms with van der Waals surface area (Å²) in [6.45, 7) is -0.744. The number of aliphatic hydroxyl groups is 1. The van der Waals surface area contributed by atoms with Crippen molar-refractivity contribution in [2.24, 2.45) is 0 Å². The Morgan fingerprint density at radius 3 is 2.59 bits per heavy atom. The van der Waals surface area contributed by atoms with Crippen molar-refractivity contribution in [2.75, 3.05) is 6.54 Å². The van der Waals surface area contributed by atoms with Crippen molar-refractivity contribution in [1.82, 2.24) is 5.32 Å². The van der Waals surface area contributed by atoms with Crippen LogP contribution in [-0.2, 0) is 0 Å². The number of carbonyl (C=O) groups is 1. The van der Waals surface area contributed by atoms with E-state index in [0.29, 0.717) is 0 Å². The summed E-state index contributed by atoms with van der Waals surface area (Å²) in [6.07, 6.45) is -5.07. The highest BCUT2D eigenvalue weighted by atomic mass is 19.3. The van der Waals surface area contributed by atoms with Gasteiger partial charge < -0.3 is 10.4 Å². The minimum atomic E-state index is -3.02. The molecule has 0 saturated heterocycles. The van der Waals surface area contributed by atoms with Gasteiger partial charge in [-0.3, -0.25) is 4.79 Å². The summed E-state index contributed by atoms with van der Waals surface area (Å²) in [6, 6.07) is 2.93. The maximum atomic E-state index is 13.1. The van der Waals surface area contributed by atoms with Gasteiger partial charge in [0.15, 0.2) is 11.6 Å². The van der Waals surface area contributed by atoms with Gasteiger partial charge >= 0.3 is 0 Å². The first kappa shape index (κ1) is 13.4. The molecule has 1 aromatic rings. The van der Waals surface area contributed by atoms with Crippen molar-refractivity contribution < 1.29 is 27.5 Å². The number of carbonyl (C=O) groups excluding carboxylic acids is 1. The Bertz CT molecular complexity index is 411. The van der Waals surface area contributed by atoms with Crippen LogP contribution in [0.1, 0.15) is 10.4 Å². The number of hydrogen-bond acceptors (Lipinski definition) is 2. The molecule has 1 aromatic carbocycles. The molecule has 0 spiro atoms. The summed E-state index contributed by atoms with van der Waals surface area (Å²) in [7, 11) is 0. The van der Waals surface area contributed by atoms with Crippen molar-refractivity contribution >= 4 is 5.91 Å². The fraction of sp³-hybridized carbons (Fsp3) is 0.300. The summed E-state index contributed by atoms with van der Waals surface area (Å²) in [5.74, 6) is -3.65. The second-order valence-corrected chi connectivity index (χ2v) is 3.21. The SMILES string of the molecule is O=C(NCC(O)C(F)F)c1cccc(F)c1F. The molecule has 0 aliphatic rings. The van der Waals surface area contributed by atoms with Crippen LogP contribution in [0, 0.1) is 11.6 Å². The number of benzene rings is 1. The predicted molar refractivity (Wildman–Crippen MR) is 50.7 cm³/mol. The second-order valence-electron chi connectivity index (χ2n) is 3.21. The summed E-state index contributed by atoms with van der Waals surface area (Å²) < 4.78 is 49.6. The molecule has 1 unspecified atom stereocenters. The highest BCUT2D eigenvalue weighted by molar-refractivity contribution is 5.94. The lowest BCUT2D eigenvalue weighted by molar-refractivity contribution is -0.00272. The molecule has 7 heteroatoms. The van der Waals surface area contributed by atoms with Crippen LogP contribution in [0.2, 0.25) is 0 Å². The summed E-state index contributed by atoms with van der Waals surface area (Å²) >= 11 is 0. The summed E-state index contributed by atoms with van der Waals surface area (Å²) in [4.78, 5) is 11.3. The first-order chi connectivity index (χ1) is 7.93. The number of halogens is 4. The molecule has 0 aromatic heterocycles. The molecular formula is C10H9F4NO2. The van der Waals surface area contributed by atoms with Crippen molar-refractivity contribution in [3.8, 4) is 0 Å². The predicted octanol–water partition coefficient (Wildman–Crippen LogP) is 1.32. The number of amides is 1. The smallest absolute Gasteiger partial charge is 0.265 e. The molecule has 0 fully saturated rings. The molecule has 1 rings (SSSR count). The zero-order valence-corrected chi connectivity index (χ0v) is 8.46. The molecule has 0 radical (unpaired) electrons. The van der Waals surface area contributed by atoms with E-state index in [1.54, 1.807) is 0 Å². The van der Waals surface area contributed by atoms with Crippen LogP contribution in [0.3, 0.4) is 0 Å². The Morgan fingerprint density at radius 1 is 1.35 bits per heavy atom. The van der Waals surface area contributed by atoms with Crippen molar-refractivity contribution in [2.45, 2.75) is 12.5 Å². The van der Waals surface area contributed by atoms with Crippen LogP contribution in [0.4, 0.5) is 17.6 Å². The van der Waals surface area contributed by atoms with Gasteiger partial charge in [-0.05, 0) is 12.1 Å². The van der Waals surface area contributed by atoms with E-state index in [-0.39, 0.29) is 0 Å². The number of nitrogens with one attached hydrogen (secondary N) is 1. The zero-order valence-electron chi connectivity index (χ0n) is 8.46. The van der Waals surface area contributed by atoms with Gasteiger partial charge in [0.25, 0.3) is 12.3 Å². The third-order valence-electron chi connectivity index (χ3n) is 1.96. The number of hydrogen-bond donors (Lipinski definition) is 2. The number of rotatable bonds is 4. The van der Waals surface area contributed by atoms with Gasteiger partial charge in [0.05, 0.1) is 5.56 Å². The molecule has 0 saturated carbocycles.